The van der Waals surface area contributed by atoms with E-state index >= 15 is 0 Å². The van der Waals surface area contributed by atoms with E-state index in [1.165, 1.54) is 0 Å². The standard InChI is InChI=1S/C15H19F2NO3/c1-14(2,3)12-15(21,4-5-18(12)13(19)20)9-6-10(16)8-11(17)7-9/h6-8,12,21H,4-5H2,1-3H3,(H,19,20). The Bertz CT molecular complexity index is 550. The molecular weight excluding hydrogens is 280 g/mol. The van der Waals surface area contributed by atoms with Crippen LogP contribution in [0.3, 0.4) is 0 Å². The average molecular weight is 299 g/mol. The Labute approximate surface area is 122 Å². The first kappa shape index (κ1) is 15.7. The number of halogens is 2. The third-order valence-corrected chi connectivity index (χ3v) is 3.93. The van der Waals surface area contributed by atoms with Crippen LogP contribution >= 0.6 is 0 Å². The van der Waals surface area contributed by atoms with E-state index in [1.807, 2.05) is 0 Å². The van der Waals surface area contributed by atoms with Gasteiger partial charge in [0.2, 0.25) is 0 Å². The smallest absolute Gasteiger partial charge is 0.407 e. The Morgan fingerprint density at radius 1 is 1.29 bits per heavy atom. The van der Waals surface area contributed by atoms with Gasteiger partial charge in [-0.25, -0.2) is 13.6 Å². The molecule has 116 valence electrons. The molecule has 2 rings (SSSR count). The average Bonchev–Trinajstić information content (AvgIpc) is 2.67. The molecular formula is C15H19F2NO3. The van der Waals surface area contributed by atoms with Crippen LogP contribution < -0.4 is 0 Å². The highest BCUT2D eigenvalue weighted by molar-refractivity contribution is 5.66. The molecule has 0 radical (unpaired) electrons. The number of hydrogen-bond donors (Lipinski definition) is 2. The molecule has 0 saturated carbocycles. The summed E-state index contributed by atoms with van der Waals surface area (Å²) in [6.45, 7) is 5.49. The predicted octanol–water partition coefficient (Wildman–Crippen LogP) is 2.95. The lowest BCUT2D eigenvalue weighted by atomic mass is 9.73. The van der Waals surface area contributed by atoms with Crippen molar-refractivity contribution in [2.45, 2.75) is 38.8 Å². The van der Waals surface area contributed by atoms with Crippen molar-refractivity contribution in [1.29, 1.82) is 0 Å². The van der Waals surface area contributed by atoms with Gasteiger partial charge < -0.3 is 15.1 Å². The van der Waals surface area contributed by atoms with Crippen LogP contribution in [0.5, 0.6) is 0 Å². The molecule has 0 bridgehead atoms. The lowest BCUT2D eigenvalue weighted by Gasteiger charge is -2.42. The minimum absolute atomic E-state index is 0.0728. The minimum Gasteiger partial charge on any atom is -0.465 e. The number of rotatable bonds is 1. The molecule has 1 aliphatic rings. The van der Waals surface area contributed by atoms with E-state index in [-0.39, 0.29) is 18.5 Å². The Morgan fingerprint density at radius 3 is 2.24 bits per heavy atom. The summed E-state index contributed by atoms with van der Waals surface area (Å²) in [5.41, 5.74) is -2.13. The Balaban J connectivity index is 2.55. The zero-order valence-electron chi connectivity index (χ0n) is 12.2. The van der Waals surface area contributed by atoms with E-state index in [2.05, 4.69) is 0 Å². The molecule has 1 aliphatic heterocycles. The van der Waals surface area contributed by atoms with E-state index in [4.69, 9.17) is 0 Å². The number of nitrogens with zero attached hydrogens (tertiary/aromatic N) is 1. The van der Waals surface area contributed by atoms with Gasteiger partial charge >= 0.3 is 6.09 Å². The van der Waals surface area contributed by atoms with Crippen LogP contribution in [0.1, 0.15) is 32.8 Å². The van der Waals surface area contributed by atoms with Crippen LogP contribution in [0, 0.1) is 17.0 Å². The van der Waals surface area contributed by atoms with Gasteiger partial charge in [-0.2, -0.15) is 0 Å². The summed E-state index contributed by atoms with van der Waals surface area (Å²) < 4.78 is 26.9. The fourth-order valence-corrected chi connectivity index (χ4v) is 3.31. The molecule has 6 heteroatoms. The second kappa shape index (κ2) is 4.94. The molecule has 1 aromatic rings. The van der Waals surface area contributed by atoms with Gasteiger partial charge in [-0.3, -0.25) is 0 Å². The summed E-state index contributed by atoms with van der Waals surface area (Å²) in [7, 11) is 0. The first-order valence-corrected chi connectivity index (χ1v) is 6.74. The molecule has 1 saturated heterocycles. The number of aliphatic hydroxyl groups is 1. The third-order valence-electron chi connectivity index (χ3n) is 3.93. The largest absolute Gasteiger partial charge is 0.465 e. The quantitative estimate of drug-likeness (QED) is 0.838. The molecule has 1 amide bonds. The van der Waals surface area contributed by atoms with Gasteiger partial charge in [0.15, 0.2) is 0 Å². The van der Waals surface area contributed by atoms with E-state index < -0.39 is 34.8 Å². The van der Waals surface area contributed by atoms with Crippen molar-refractivity contribution in [3.05, 3.63) is 35.4 Å². The topological polar surface area (TPSA) is 60.8 Å². The molecule has 2 atom stereocenters. The van der Waals surface area contributed by atoms with E-state index in [9.17, 15) is 23.8 Å². The number of amides is 1. The first-order valence-electron chi connectivity index (χ1n) is 6.74. The van der Waals surface area contributed by atoms with Gasteiger partial charge in [0.25, 0.3) is 0 Å². The van der Waals surface area contributed by atoms with Crippen LogP contribution in [0.15, 0.2) is 18.2 Å². The highest BCUT2D eigenvalue weighted by Crippen LogP contribution is 2.46. The van der Waals surface area contributed by atoms with Gasteiger partial charge in [0.1, 0.15) is 17.2 Å². The molecule has 2 N–H and O–H groups in total. The molecule has 21 heavy (non-hydrogen) atoms. The summed E-state index contributed by atoms with van der Waals surface area (Å²) in [5, 5.41) is 20.3. The molecule has 1 fully saturated rings. The third kappa shape index (κ3) is 2.72. The van der Waals surface area contributed by atoms with Crippen LogP contribution in [-0.2, 0) is 5.60 Å². The molecule has 0 spiro atoms. The van der Waals surface area contributed by atoms with Gasteiger partial charge in [-0.15, -0.1) is 0 Å². The van der Waals surface area contributed by atoms with Gasteiger partial charge in [-0.1, -0.05) is 20.8 Å². The number of carbonyl (C=O) groups is 1. The van der Waals surface area contributed by atoms with Crippen molar-refractivity contribution >= 4 is 6.09 Å². The molecule has 1 heterocycles. The fraction of sp³-hybridized carbons (Fsp3) is 0.533. The number of hydrogen-bond acceptors (Lipinski definition) is 2. The zero-order valence-corrected chi connectivity index (χ0v) is 12.2. The van der Waals surface area contributed by atoms with E-state index in [0.717, 1.165) is 23.1 Å². The van der Waals surface area contributed by atoms with Crippen LogP contribution in [0.4, 0.5) is 13.6 Å². The van der Waals surface area contributed by atoms with Gasteiger partial charge in [0.05, 0.1) is 6.04 Å². The molecule has 1 aromatic carbocycles. The van der Waals surface area contributed by atoms with Crippen LogP contribution in [0.25, 0.3) is 0 Å². The maximum absolute atomic E-state index is 13.4. The number of likely N-dealkylation sites (tertiary alicyclic amines) is 1. The van der Waals surface area contributed by atoms with Crippen LogP contribution in [0.2, 0.25) is 0 Å². The van der Waals surface area contributed by atoms with Crippen molar-refractivity contribution in [1.82, 2.24) is 4.90 Å². The number of benzene rings is 1. The minimum atomic E-state index is -1.61. The summed E-state index contributed by atoms with van der Waals surface area (Å²) in [4.78, 5) is 12.5. The summed E-state index contributed by atoms with van der Waals surface area (Å²) >= 11 is 0. The maximum Gasteiger partial charge on any atom is 0.407 e. The van der Waals surface area contributed by atoms with E-state index in [0.29, 0.717) is 0 Å². The molecule has 4 nitrogen and oxygen atoms in total. The fourth-order valence-electron chi connectivity index (χ4n) is 3.31. The second-order valence-corrected chi connectivity index (χ2v) is 6.58. The first-order chi connectivity index (χ1) is 9.55. The molecule has 0 aromatic heterocycles. The Kier molecular flexibility index (Phi) is 3.70. The highest BCUT2D eigenvalue weighted by Gasteiger charge is 2.54. The summed E-state index contributed by atoms with van der Waals surface area (Å²) in [6.07, 6.45) is -1.05. The summed E-state index contributed by atoms with van der Waals surface area (Å²) in [6, 6.07) is 2.06. The summed E-state index contributed by atoms with van der Waals surface area (Å²) in [5.74, 6) is -1.58. The van der Waals surface area contributed by atoms with Crippen LogP contribution in [-0.4, -0.2) is 33.8 Å². The van der Waals surface area contributed by atoms with Gasteiger partial charge in [0, 0.05) is 19.0 Å². The Hall–Kier alpha value is -1.69. The second-order valence-electron chi connectivity index (χ2n) is 6.58. The number of carboxylic acid groups (broad SMARTS) is 1. The van der Waals surface area contributed by atoms with Crippen molar-refractivity contribution in [2.75, 3.05) is 6.54 Å². The van der Waals surface area contributed by atoms with Gasteiger partial charge in [-0.05, 0) is 23.1 Å². The predicted molar refractivity (Wildman–Crippen MR) is 72.8 cm³/mol. The lowest BCUT2D eigenvalue weighted by molar-refractivity contribution is -0.0416. The highest BCUT2D eigenvalue weighted by atomic mass is 19.1. The normalized spacial score (nSPS) is 26.2. The Morgan fingerprint density at radius 2 is 1.81 bits per heavy atom. The molecule has 2 unspecified atom stereocenters. The van der Waals surface area contributed by atoms with Crippen molar-refractivity contribution in [2.24, 2.45) is 5.41 Å². The SMILES string of the molecule is CC(C)(C)C1N(C(=O)O)CCC1(O)c1cc(F)cc(F)c1. The zero-order chi connectivity index (χ0) is 16.0. The van der Waals surface area contributed by atoms with Crippen molar-refractivity contribution < 1.29 is 23.8 Å². The monoisotopic (exact) mass is 299 g/mol. The van der Waals surface area contributed by atoms with E-state index in [1.54, 1.807) is 20.8 Å². The van der Waals surface area contributed by atoms with Crippen molar-refractivity contribution in [3.8, 4) is 0 Å². The molecule has 0 aliphatic carbocycles. The van der Waals surface area contributed by atoms with Crippen molar-refractivity contribution in [3.63, 3.8) is 0 Å². The lowest BCUT2D eigenvalue weighted by Crippen LogP contribution is -2.52. The maximum atomic E-state index is 13.4.